The van der Waals surface area contributed by atoms with Gasteiger partial charge in [-0.2, -0.15) is 0 Å². The Bertz CT molecular complexity index is 495. The molecule has 0 aromatic heterocycles. The lowest BCUT2D eigenvalue weighted by Gasteiger charge is -1.88. The van der Waals surface area contributed by atoms with Gasteiger partial charge in [-0.1, -0.05) is 53.7 Å². The van der Waals surface area contributed by atoms with E-state index in [-0.39, 0.29) is 0 Å². The average Bonchev–Trinajstić information content (AvgIpc) is 2.42. The van der Waals surface area contributed by atoms with Crippen molar-refractivity contribution in [1.82, 2.24) is 0 Å². The summed E-state index contributed by atoms with van der Waals surface area (Å²) in [5.41, 5.74) is 1.23. The highest BCUT2D eigenvalue weighted by molar-refractivity contribution is 5.87. The minimum atomic E-state index is -0.879. The summed E-state index contributed by atoms with van der Waals surface area (Å²) in [4.78, 5) is 10.2. The Morgan fingerprint density at radius 3 is 1.83 bits per heavy atom. The van der Waals surface area contributed by atoms with E-state index in [4.69, 9.17) is 10.3 Å². The molecule has 0 amide bonds. The number of oxime groups is 1. The van der Waals surface area contributed by atoms with Crippen LogP contribution in [0.1, 0.15) is 15.9 Å². The van der Waals surface area contributed by atoms with Crippen molar-refractivity contribution < 1.29 is 15.1 Å². The number of rotatable bonds is 2. The molecule has 0 aliphatic rings. The van der Waals surface area contributed by atoms with Crippen LogP contribution in [0.3, 0.4) is 0 Å². The third-order valence-electron chi connectivity index (χ3n) is 2.03. The van der Waals surface area contributed by atoms with Gasteiger partial charge in [0, 0.05) is 0 Å². The summed E-state index contributed by atoms with van der Waals surface area (Å²) in [6.07, 6.45) is 1.39. The second-order valence-corrected chi connectivity index (χ2v) is 3.33. The molecule has 0 radical (unpaired) electrons. The molecule has 0 aliphatic carbocycles. The van der Waals surface area contributed by atoms with Crippen molar-refractivity contribution in [3.05, 3.63) is 71.8 Å². The first-order valence-corrected chi connectivity index (χ1v) is 5.25. The van der Waals surface area contributed by atoms with Crippen molar-refractivity contribution in [2.75, 3.05) is 0 Å². The van der Waals surface area contributed by atoms with Gasteiger partial charge in [-0.15, -0.1) is 0 Å². The third-order valence-corrected chi connectivity index (χ3v) is 2.03. The van der Waals surface area contributed by atoms with Crippen molar-refractivity contribution in [3.63, 3.8) is 0 Å². The van der Waals surface area contributed by atoms with Crippen LogP contribution in [-0.4, -0.2) is 22.5 Å². The van der Waals surface area contributed by atoms with Crippen LogP contribution >= 0.6 is 0 Å². The number of carboxylic acids is 1. The molecule has 2 aromatic carbocycles. The fourth-order valence-electron chi connectivity index (χ4n) is 1.19. The molecule has 0 atom stereocenters. The van der Waals surface area contributed by atoms with Crippen molar-refractivity contribution in [2.45, 2.75) is 0 Å². The molecule has 4 nitrogen and oxygen atoms in total. The van der Waals surface area contributed by atoms with Crippen LogP contribution in [0, 0.1) is 0 Å². The number of carbonyl (C=O) groups is 1. The monoisotopic (exact) mass is 243 g/mol. The van der Waals surface area contributed by atoms with Gasteiger partial charge in [0.15, 0.2) is 0 Å². The van der Waals surface area contributed by atoms with Gasteiger partial charge in [0.1, 0.15) is 0 Å². The van der Waals surface area contributed by atoms with E-state index >= 15 is 0 Å². The molecule has 2 rings (SSSR count). The molecule has 0 saturated heterocycles. The molecule has 0 aliphatic heterocycles. The zero-order valence-corrected chi connectivity index (χ0v) is 9.60. The summed E-state index contributed by atoms with van der Waals surface area (Å²) in [6.45, 7) is 0. The first-order valence-electron chi connectivity index (χ1n) is 5.25. The van der Waals surface area contributed by atoms with Crippen LogP contribution in [0.15, 0.2) is 65.8 Å². The highest BCUT2D eigenvalue weighted by Crippen LogP contribution is 1.96. The number of nitrogens with zero attached hydrogens (tertiary/aromatic N) is 1. The van der Waals surface area contributed by atoms with Crippen molar-refractivity contribution >= 4 is 12.2 Å². The molecule has 0 saturated carbocycles. The normalized spacial score (nSPS) is 9.56. The predicted molar refractivity (Wildman–Crippen MR) is 69.2 cm³/mol. The summed E-state index contributed by atoms with van der Waals surface area (Å²) >= 11 is 0. The van der Waals surface area contributed by atoms with Crippen molar-refractivity contribution in [1.29, 1.82) is 0 Å². The van der Waals surface area contributed by atoms with E-state index < -0.39 is 5.97 Å². The molecule has 0 heterocycles. The van der Waals surface area contributed by atoms with Crippen LogP contribution in [0.4, 0.5) is 0 Å². The van der Waals surface area contributed by atoms with Crippen molar-refractivity contribution in [2.24, 2.45) is 5.16 Å². The summed E-state index contributed by atoms with van der Waals surface area (Å²) < 4.78 is 0. The second kappa shape index (κ2) is 7.62. The molecule has 92 valence electrons. The van der Waals surface area contributed by atoms with Gasteiger partial charge in [-0.3, -0.25) is 0 Å². The Kier molecular flexibility index (Phi) is 5.69. The van der Waals surface area contributed by atoms with Gasteiger partial charge in [-0.25, -0.2) is 4.79 Å². The molecular formula is C14H13NO3. The van der Waals surface area contributed by atoms with Crippen LogP contribution in [0.25, 0.3) is 0 Å². The lowest BCUT2D eigenvalue weighted by molar-refractivity contribution is 0.0697. The van der Waals surface area contributed by atoms with E-state index in [0.717, 1.165) is 5.56 Å². The number of aromatic carboxylic acids is 1. The van der Waals surface area contributed by atoms with E-state index in [1.54, 1.807) is 30.3 Å². The average molecular weight is 243 g/mol. The van der Waals surface area contributed by atoms with E-state index in [1.165, 1.54) is 6.21 Å². The van der Waals surface area contributed by atoms with Gasteiger partial charge in [-0.05, 0) is 17.7 Å². The Balaban J connectivity index is 0.000000180. The third kappa shape index (κ3) is 4.94. The fraction of sp³-hybridized carbons (Fsp3) is 0. The first kappa shape index (κ1) is 13.4. The SMILES string of the molecule is O=C(O)c1ccccc1.ON=Cc1ccccc1. The fourth-order valence-corrected chi connectivity index (χ4v) is 1.19. The maximum atomic E-state index is 10.2. The minimum Gasteiger partial charge on any atom is -0.478 e. The molecule has 0 unspecified atom stereocenters. The van der Waals surface area contributed by atoms with Gasteiger partial charge >= 0.3 is 5.97 Å². The summed E-state index contributed by atoms with van der Waals surface area (Å²) in [6, 6.07) is 17.7. The van der Waals surface area contributed by atoms with Crippen LogP contribution in [0.5, 0.6) is 0 Å². The smallest absolute Gasteiger partial charge is 0.335 e. The largest absolute Gasteiger partial charge is 0.478 e. The number of hydrogen-bond donors (Lipinski definition) is 2. The lowest BCUT2D eigenvalue weighted by Crippen LogP contribution is -1.93. The predicted octanol–water partition coefficient (Wildman–Crippen LogP) is 2.88. The topological polar surface area (TPSA) is 69.9 Å². The number of hydrogen-bond acceptors (Lipinski definition) is 3. The Morgan fingerprint density at radius 2 is 1.44 bits per heavy atom. The number of benzene rings is 2. The number of carboxylic acid groups (broad SMARTS) is 1. The Morgan fingerprint density at radius 1 is 0.944 bits per heavy atom. The van der Waals surface area contributed by atoms with Gasteiger partial charge < -0.3 is 10.3 Å². The molecule has 0 spiro atoms. The highest BCUT2D eigenvalue weighted by Gasteiger charge is 1.96. The van der Waals surface area contributed by atoms with Crippen molar-refractivity contribution in [3.8, 4) is 0 Å². The zero-order chi connectivity index (χ0) is 13.2. The Labute approximate surface area is 105 Å². The standard InChI is InChI=1S/C7H7NO.C7H6O2/c9-8-6-7-4-2-1-3-5-7;8-7(9)6-4-2-1-3-5-6/h1-6,9H;1-5H,(H,8,9). The molecular weight excluding hydrogens is 230 g/mol. The quantitative estimate of drug-likeness (QED) is 0.484. The molecule has 18 heavy (non-hydrogen) atoms. The van der Waals surface area contributed by atoms with Gasteiger partial charge in [0.2, 0.25) is 0 Å². The second-order valence-electron chi connectivity index (χ2n) is 3.33. The zero-order valence-electron chi connectivity index (χ0n) is 9.60. The molecule has 0 bridgehead atoms. The highest BCUT2D eigenvalue weighted by atomic mass is 16.4. The molecule has 0 fully saturated rings. The summed E-state index contributed by atoms with van der Waals surface area (Å²) in [7, 11) is 0. The van der Waals surface area contributed by atoms with Gasteiger partial charge in [0.25, 0.3) is 0 Å². The Hall–Kier alpha value is -2.62. The lowest BCUT2D eigenvalue weighted by atomic mass is 10.2. The van der Waals surface area contributed by atoms with E-state index in [1.807, 2.05) is 30.3 Å². The van der Waals surface area contributed by atoms with Gasteiger partial charge in [0.05, 0.1) is 11.8 Å². The minimum absolute atomic E-state index is 0.331. The van der Waals surface area contributed by atoms with E-state index in [2.05, 4.69) is 5.16 Å². The maximum Gasteiger partial charge on any atom is 0.335 e. The van der Waals surface area contributed by atoms with Crippen LogP contribution in [-0.2, 0) is 0 Å². The molecule has 4 heteroatoms. The van der Waals surface area contributed by atoms with Crippen LogP contribution in [0.2, 0.25) is 0 Å². The summed E-state index contributed by atoms with van der Waals surface area (Å²) in [5.74, 6) is -0.879. The summed E-state index contributed by atoms with van der Waals surface area (Å²) in [5, 5.41) is 19.4. The van der Waals surface area contributed by atoms with Crippen LogP contribution < -0.4 is 0 Å². The first-order chi connectivity index (χ1) is 8.74. The van der Waals surface area contributed by atoms with E-state index in [9.17, 15) is 4.79 Å². The molecule has 2 N–H and O–H groups in total. The maximum absolute atomic E-state index is 10.2. The molecule has 2 aromatic rings. The van der Waals surface area contributed by atoms with E-state index in [0.29, 0.717) is 5.56 Å².